The van der Waals surface area contributed by atoms with Gasteiger partial charge < -0.3 is 24.3 Å². The number of hydrogen-bond donors (Lipinski definition) is 1. The number of rotatable bonds is 4. The average Bonchev–Trinajstić information content (AvgIpc) is 3.13. The summed E-state index contributed by atoms with van der Waals surface area (Å²) in [7, 11) is 0. The van der Waals surface area contributed by atoms with Crippen molar-refractivity contribution < 1.29 is 28.7 Å². The Morgan fingerprint density at radius 2 is 1.70 bits per heavy atom. The third kappa shape index (κ3) is 3.47. The number of fused-ring (bicyclic) bond motifs is 2. The van der Waals surface area contributed by atoms with E-state index >= 15 is 0 Å². The third-order valence-electron chi connectivity index (χ3n) is 3.94. The van der Waals surface area contributed by atoms with Gasteiger partial charge in [0.1, 0.15) is 13.2 Å². The zero-order valence-corrected chi connectivity index (χ0v) is 14.0. The maximum atomic E-state index is 12.2. The fourth-order valence-electron chi connectivity index (χ4n) is 2.71. The molecule has 0 saturated carbocycles. The maximum absolute atomic E-state index is 12.2. The van der Waals surface area contributed by atoms with E-state index in [1.807, 2.05) is 0 Å². The molecule has 2 aromatic carbocycles. The van der Waals surface area contributed by atoms with Crippen molar-refractivity contribution in [2.24, 2.45) is 0 Å². The summed E-state index contributed by atoms with van der Waals surface area (Å²) in [5.74, 6) is 1.42. The quantitative estimate of drug-likeness (QED) is 0.501. The summed E-state index contributed by atoms with van der Waals surface area (Å²) in [6, 6.07) is 7.79. The lowest BCUT2D eigenvalue weighted by Gasteiger charge is -2.18. The van der Waals surface area contributed by atoms with Gasteiger partial charge in [-0.15, -0.1) is 0 Å². The Bertz CT molecular complexity index is 955. The molecule has 9 nitrogen and oxygen atoms in total. The lowest BCUT2D eigenvalue weighted by molar-refractivity contribution is -0.385. The molecule has 0 fully saturated rings. The van der Waals surface area contributed by atoms with Crippen LogP contribution in [0.5, 0.6) is 23.0 Å². The Morgan fingerprint density at radius 1 is 1.00 bits per heavy atom. The zero-order chi connectivity index (χ0) is 18.8. The lowest BCUT2D eigenvalue weighted by Crippen LogP contribution is -2.16. The number of ether oxygens (including phenoxy) is 4. The summed E-state index contributed by atoms with van der Waals surface area (Å²) in [6.07, 6.45) is 2.56. The molecule has 2 aliphatic rings. The first kappa shape index (κ1) is 16.7. The van der Waals surface area contributed by atoms with Gasteiger partial charge in [-0.05, 0) is 24.3 Å². The van der Waals surface area contributed by atoms with Gasteiger partial charge in [0.25, 0.3) is 5.69 Å². The normalized spacial score (nSPS) is 14.2. The third-order valence-corrected chi connectivity index (χ3v) is 3.94. The standard InChI is InChI=1S/C18H14N2O7/c21-18(19-12-2-3-14-16(8-12)25-6-5-24-14)4-1-11-7-15-17(27-10-26-15)9-13(11)20(22)23/h1-4,7-9H,5-6,10H2,(H,19,21). The monoisotopic (exact) mass is 370 g/mol. The van der Waals surface area contributed by atoms with Crippen molar-refractivity contribution in [3.05, 3.63) is 52.1 Å². The molecule has 0 bridgehead atoms. The van der Waals surface area contributed by atoms with E-state index in [1.165, 1.54) is 24.3 Å². The van der Waals surface area contributed by atoms with Crippen LogP contribution in [0.3, 0.4) is 0 Å². The smallest absolute Gasteiger partial charge is 0.280 e. The Morgan fingerprint density at radius 3 is 2.48 bits per heavy atom. The van der Waals surface area contributed by atoms with E-state index in [-0.39, 0.29) is 18.0 Å². The lowest BCUT2D eigenvalue weighted by atomic mass is 10.1. The van der Waals surface area contributed by atoms with E-state index in [0.29, 0.717) is 41.9 Å². The zero-order valence-electron chi connectivity index (χ0n) is 14.0. The predicted molar refractivity (Wildman–Crippen MR) is 94.3 cm³/mol. The fraction of sp³-hybridized carbons (Fsp3) is 0.167. The minimum Gasteiger partial charge on any atom is -0.486 e. The number of nitrogens with one attached hydrogen (secondary N) is 1. The number of anilines is 1. The Labute approximate surface area is 153 Å². The summed E-state index contributed by atoms with van der Waals surface area (Å²) in [5, 5.41) is 13.9. The molecule has 0 radical (unpaired) electrons. The van der Waals surface area contributed by atoms with Gasteiger partial charge in [0.2, 0.25) is 12.7 Å². The van der Waals surface area contributed by atoms with Gasteiger partial charge in [0.05, 0.1) is 16.6 Å². The van der Waals surface area contributed by atoms with Crippen LogP contribution in [-0.4, -0.2) is 30.8 Å². The number of amides is 1. The van der Waals surface area contributed by atoms with Gasteiger partial charge in [0.15, 0.2) is 23.0 Å². The average molecular weight is 370 g/mol. The van der Waals surface area contributed by atoms with Crippen molar-refractivity contribution in [1.82, 2.24) is 0 Å². The number of carbonyl (C=O) groups is 1. The van der Waals surface area contributed by atoms with E-state index in [4.69, 9.17) is 18.9 Å². The molecule has 27 heavy (non-hydrogen) atoms. The molecule has 0 unspecified atom stereocenters. The Kier molecular flexibility index (Phi) is 4.25. The molecule has 2 heterocycles. The second-order valence-electron chi connectivity index (χ2n) is 5.70. The Hall–Kier alpha value is -3.75. The number of hydrogen-bond acceptors (Lipinski definition) is 7. The van der Waals surface area contributed by atoms with E-state index in [9.17, 15) is 14.9 Å². The molecule has 4 rings (SSSR count). The molecule has 1 N–H and O–H groups in total. The molecule has 2 aliphatic heterocycles. The number of nitro benzene ring substituents is 1. The molecule has 2 aromatic rings. The largest absolute Gasteiger partial charge is 0.486 e. The van der Waals surface area contributed by atoms with Gasteiger partial charge in [-0.3, -0.25) is 14.9 Å². The van der Waals surface area contributed by atoms with Gasteiger partial charge in [-0.1, -0.05) is 0 Å². The summed E-state index contributed by atoms with van der Waals surface area (Å²) in [6.45, 7) is 0.929. The van der Waals surface area contributed by atoms with Crippen LogP contribution in [0.2, 0.25) is 0 Å². The van der Waals surface area contributed by atoms with Gasteiger partial charge >= 0.3 is 0 Å². The molecule has 0 atom stereocenters. The van der Waals surface area contributed by atoms with Crippen LogP contribution >= 0.6 is 0 Å². The fourth-order valence-corrected chi connectivity index (χ4v) is 2.71. The van der Waals surface area contributed by atoms with Crippen LogP contribution in [0.25, 0.3) is 6.08 Å². The second kappa shape index (κ2) is 6.87. The van der Waals surface area contributed by atoms with Crippen molar-refractivity contribution >= 4 is 23.4 Å². The molecular weight excluding hydrogens is 356 g/mol. The van der Waals surface area contributed by atoms with Crippen molar-refractivity contribution in [3.8, 4) is 23.0 Å². The molecule has 138 valence electrons. The van der Waals surface area contributed by atoms with Crippen LogP contribution in [0.1, 0.15) is 5.56 Å². The highest BCUT2D eigenvalue weighted by Crippen LogP contribution is 2.38. The summed E-state index contributed by atoms with van der Waals surface area (Å²) < 4.78 is 21.3. The van der Waals surface area contributed by atoms with Crippen molar-refractivity contribution in [3.63, 3.8) is 0 Å². The first-order valence-electron chi connectivity index (χ1n) is 8.07. The molecule has 0 aromatic heterocycles. The number of benzene rings is 2. The van der Waals surface area contributed by atoms with Gasteiger partial charge in [0, 0.05) is 17.8 Å². The van der Waals surface area contributed by atoms with Crippen molar-refractivity contribution in [1.29, 1.82) is 0 Å². The maximum Gasteiger partial charge on any atom is 0.280 e. The van der Waals surface area contributed by atoms with Crippen LogP contribution in [0.15, 0.2) is 36.4 Å². The van der Waals surface area contributed by atoms with E-state index in [0.717, 1.165) is 0 Å². The highest BCUT2D eigenvalue weighted by atomic mass is 16.7. The number of carbonyl (C=O) groups excluding carboxylic acids is 1. The first-order chi connectivity index (χ1) is 13.1. The topological polar surface area (TPSA) is 109 Å². The van der Waals surface area contributed by atoms with Crippen LogP contribution < -0.4 is 24.3 Å². The van der Waals surface area contributed by atoms with Crippen LogP contribution in [-0.2, 0) is 4.79 Å². The highest BCUT2D eigenvalue weighted by molar-refractivity contribution is 6.02. The molecule has 0 saturated heterocycles. The van der Waals surface area contributed by atoms with Crippen molar-refractivity contribution in [2.45, 2.75) is 0 Å². The summed E-state index contributed by atoms with van der Waals surface area (Å²) >= 11 is 0. The molecule has 0 aliphatic carbocycles. The van der Waals surface area contributed by atoms with E-state index < -0.39 is 10.8 Å². The minimum absolute atomic E-state index is 0.00422. The predicted octanol–water partition coefficient (Wildman–Crippen LogP) is 2.75. The van der Waals surface area contributed by atoms with E-state index in [2.05, 4.69) is 5.32 Å². The molecule has 9 heteroatoms. The Balaban J connectivity index is 1.51. The summed E-state index contributed by atoms with van der Waals surface area (Å²) in [5.41, 5.74) is 0.582. The van der Waals surface area contributed by atoms with Gasteiger partial charge in [-0.2, -0.15) is 0 Å². The van der Waals surface area contributed by atoms with Crippen LogP contribution in [0, 0.1) is 10.1 Å². The SMILES string of the molecule is O=C(C=Cc1cc2c(cc1[N+](=O)[O-])OCO2)Nc1ccc2c(c1)OCCO2. The van der Waals surface area contributed by atoms with E-state index in [1.54, 1.807) is 18.2 Å². The van der Waals surface area contributed by atoms with Crippen LogP contribution in [0.4, 0.5) is 11.4 Å². The molecule has 0 spiro atoms. The number of nitrogens with zero attached hydrogens (tertiary/aromatic N) is 1. The molecular formula is C18H14N2O7. The molecule has 1 amide bonds. The second-order valence-corrected chi connectivity index (χ2v) is 5.70. The van der Waals surface area contributed by atoms with Gasteiger partial charge in [-0.25, -0.2) is 0 Å². The van der Waals surface area contributed by atoms with Crippen molar-refractivity contribution in [2.75, 3.05) is 25.3 Å². The first-order valence-corrected chi connectivity index (χ1v) is 8.07. The minimum atomic E-state index is -0.541. The summed E-state index contributed by atoms with van der Waals surface area (Å²) in [4.78, 5) is 22.9. The highest BCUT2D eigenvalue weighted by Gasteiger charge is 2.22. The number of nitro groups is 1.